The first-order valence-electron chi connectivity index (χ1n) is 2.48. The number of nitrogens with zero attached hydrogens (tertiary/aromatic N) is 1. The van der Waals surface area contributed by atoms with Crippen LogP contribution >= 0.6 is 10.8 Å². The minimum Gasteiger partial charge on any atom is -0.592 e. The molecule has 0 heterocycles. The van der Waals surface area contributed by atoms with Crippen molar-refractivity contribution in [3.63, 3.8) is 0 Å². The zero-order valence-corrected chi connectivity index (χ0v) is 7.69. The van der Waals surface area contributed by atoms with Gasteiger partial charge in [-0.2, -0.15) is 4.21 Å². The Bertz CT molecular complexity index is 226. The van der Waals surface area contributed by atoms with Crippen molar-refractivity contribution >= 4 is 22.0 Å². The highest BCUT2D eigenvalue weighted by atomic mass is 32.3. The molecule has 0 aliphatic rings. The number of quaternary nitrogens is 1. The molecule has 0 aromatic carbocycles. The molecule has 13 heavy (non-hydrogen) atoms. The predicted octanol–water partition coefficient (Wildman–Crippen LogP) is 1.25. The Balaban J connectivity index is 5.16. The molecule has 0 rings (SSSR count). The molecule has 0 amide bonds. The molecular formula is C2H6F3NO5S2. The van der Waals surface area contributed by atoms with E-state index in [0.717, 1.165) is 0 Å². The van der Waals surface area contributed by atoms with Crippen LogP contribution in [0.15, 0.2) is 0 Å². The topological polar surface area (TPSA) is 101 Å². The number of rotatable bonds is 2. The number of hydrogen-bond donors (Lipinski definition) is 3. The fourth-order valence-electron chi connectivity index (χ4n) is 0.277. The van der Waals surface area contributed by atoms with E-state index in [2.05, 4.69) is 0 Å². The van der Waals surface area contributed by atoms with Gasteiger partial charge in [0.15, 0.2) is 0 Å². The zero-order valence-electron chi connectivity index (χ0n) is 6.06. The SMILES string of the molecule is C[N+]([O-])(S(=O)O)S(O)(O)C(F)(F)F. The molecule has 0 bridgehead atoms. The van der Waals surface area contributed by atoms with E-state index in [0.29, 0.717) is 0 Å². The van der Waals surface area contributed by atoms with Crippen molar-refractivity contribution in [2.24, 2.45) is 0 Å². The van der Waals surface area contributed by atoms with Crippen molar-refractivity contribution in [1.82, 2.24) is 0 Å². The highest BCUT2D eigenvalue weighted by Gasteiger charge is 2.58. The van der Waals surface area contributed by atoms with E-state index in [9.17, 15) is 22.6 Å². The van der Waals surface area contributed by atoms with E-state index >= 15 is 0 Å². The molecule has 0 spiro atoms. The summed E-state index contributed by atoms with van der Waals surface area (Å²) in [6.07, 6.45) is 0. The third kappa shape index (κ3) is 2.12. The van der Waals surface area contributed by atoms with Crippen molar-refractivity contribution in [2.75, 3.05) is 7.05 Å². The van der Waals surface area contributed by atoms with Crippen molar-refractivity contribution < 1.29 is 34.5 Å². The van der Waals surface area contributed by atoms with Crippen molar-refractivity contribution in [1.29, 1.82) is 0 Å². The second-order valence-corrected chi connectivity index (χ2v) is 5.55. The van der Waals surface area contributed by atoms with E-state index in [1.165, 1.54) is 0 Å². The molecule has 11 heteroatoms. The number of alkyl halides is 3. The molecule has 0 aliphatic heterocycles. The molecule has 3 N–H and O–H groups in total. The van der Waals surface area contributed by atoms with Gasteiger partial charge in [-0.05, 0) is 0 Å². The van der Waals surface area contributed by atoms with E-state index < -0.39 is 31.0 Å². The minimum absolute atomic E-state index is 0.0406. The highest BCUT2D eigenvalue weighted by molar-refractivity contribution is 8.23. The number of hydroxylamine groups is 1. The maximum Gasteiger partial charge on any atom is 0.540 e. The third-order valence-corrected chi connectivity index (χ3v) is 4.18. The molecule has 82 valence electrons. The summed E-state index contributed by atoms with van der Waals surface area (Å²) in [5, 5.41) is 10.7. The van der Waals surface area contributed by atoms with Gasteiger partial charge in [-0.3, -0.25) is 4.55 Å². The first-order valence-corrected chi connectivity index (χ1v) is 5.05. The van der Waals surface area contributed by atoms with Gasteiger partial charge in [-0.15, -0.1) is 16.6 Å². The van der Waals surface area contributed by atoms with E-state index in [-0.39, 0.29) is 7.05 Å². The highest BCUT2D eigenvalue weighted by Crippen LogP contribution is 2.61. The van der Waals surface area contributed by atoms with Crippen LogP contribution in [0, 0.1) is 5.21 Å². The first kappa shape index (κ1) is 13.1. The largest absolute Gasteiger partial charge is 0.592 e. The fraction of sp³-hybridized carbons (Fsp3) is 1.00. The maximum absolute atomic E-state index is 11.8. The van der Waals surface area contributed by atoms with Crippen molar-refractivity contribution in [3.05, 3.63) is 5.21 Å². The lowest BCUT2D eigenvalue weighted by molar-refractivity contribution is -0.597. The Kier molecular flexibility index (Phi) is 3.37. The van der Waals surface area contributed by atoms with Crippen LogP contribution in [-0.4, -0.2) is 33.9 Å². The minimum atomic E-state index is -5.74. The number of halogens is 3. The predicted molar refractivity (Wildman–Crippen MR) is 39.2 cm³/mol. The summed E-state index contributed by atoms with van der Waals surface area (Å²) >= 11 is -3.59. The molecule has 0 aromatic heterocycles. The third-order valence-electron chi connectivity index (χ3n) is 1.06. The van der Waals surface area contributed by atoms with Gasteiger partial charge >= 0.3 is 16.8 Å². The summed E-state index contributed by atoms with van der Waals surface area (Å²) in [5.41, 5.74) is -5.64. The van der Waals surface area contributed by atoms with Gasteiger partial charge in [0.25, 0.3) is 0 Å². The van der Waals surface area contributed by atoms with Gasteiger partial charge in [0.05, 0.1) is 0 Å². The Hall–Kier alpha value is 0.0900. The van der Waals surface area contributed by atoms with Crippen LogP contribution in [0.5, 0.6) is 0 Å². The first-order chi connectivity index (χ1) is 5.44. The Morgan fingerprint density at radius 3 is 1.85 bits per heavy atom. The Morgan fingerprint density at radius 1 is 1.46 bits per heavy atom. The smallest absolute Gasteiger partial charge is 0.540 e. The molecule has 0 aromatic rings. The maximum atomic E-state index is 11.8. The van der Waals surface area contributed by atoms with E-state index in [1.54, 1.807) is 0 Å². The lowest BCUT2D eigenvalue weighted by Gasteiger charge is -2.47. The van der Waals surface area contributed by atoms with Crippen molar-refractivity contribution in [2.45, 2.75) is 5.51 Å². The summed E-state index contributed by atoms with van der Waals surface area (Å²) in [5.74, 6) is 0. The van der Waals surface area contributed by atoms with Gasteiger partial charge < -0.3 is 5.21 Å². The van der Waals surface area contributed by atoms with Gasteiger partial charge in [0.2, 0.25) is 0 Å². The van der Waals surface area contributed by atoms with Crippen LogP contribution in [-0.2, 0) is 11.3 Å². The average Bonchev–Trinajstić information content (AvgIpc) is 1.84. The molecule has 0 fully saturated rings. The van der Waals surface area contributed by atoms with Gasteiger partial charge in [-0.25, -0.2) is 9.11 Å². The Labute approximate surface area is 75.0 Å². The van der Waals surface area contributed by atoms with Gasteiger partial charge in [-0.1, -0.05) is 0 Å². The summed E-state index contributed by atoms with van der Waals surface area (Å²) in [4.78, 5) is 0. The van der Waals surface area contributed by atoms with Crippen LogP contribution in [0.2, 0.25) is 0 Å². The summed E-state index contributed by atoms with van der Waals surface area (Å²) in [6.45, 7) is 0. The molecule has 2 unspecified atom stereocenters. The summed E-state index contributed by atoms with van der Waals surface area (Å²) in [6, 6.07) is 0. The van der Waals surface area contributed by atoms with Crippen LogP contribution in [0.4, 0.5) is 13.2 Å². The second kappa shape index (κ2) is 3.34. The number of hydrogen-bond acceptors (Lipinski definition) is 4. The zero-order chi connectivity index (χ0) is 11.1. The van der Waals surface area contributed by atoms with E-state index in [1.807, 2.05) is 0 Å². The molecule has 0 saturated carbocycles. The van der Waals surface area contributed by atoms with Crippen LogP contribution in [0.1, 0.15) is 0 Å². The lowest BCUT2D eigenvalue weighted by Crippen LogP contribution is -2.47. The Morgan fingerprint density at radius 2 is 1.77 bits per heavy atom. The molecule has 6 nitrogen and oxygen atoms in total. The van der Waals surface area contributed by atoms with Crippen LogP contribution in [0.25, 0.3) is 0 Å². The molecule has 0 radical (unpaired) electrons. The van der Waals surface area contributed by atoms with E-state index in [4.69, 9.17) is 13.7 Å². The standard InChI is InChI=1S/C2H6F3NO5S2/c1-6(7,12(8)9)13(10,11)2(3,4)5/h10-11H,1H3,(H,8,9). The van der Waals surface area contributed by atoms with Gasteiger partial charge in [0.1, 0.15) is 7.05 Å². The van der Waals surface area contributed by atoms with Crippen molar-refractivity contribution in [3.8, 4) is 0 Å². The summed E-state index contributed by atoms with van der Waals surface area (Å²) < 4.78 is 67.1. The van der Waals surface area contributed by atoms with Crippen LogP contribution < -0.4 is 0 Å². The molecule has 2 atom stereocenters. The average molecular weight is 245 g/mol. The second-order valence-electron chi connectivity index (χ2n) is 1.97. The summed E-state index contributed by atoms with van der Waals surface area (Å²) in [7, 11) is -5.70. The lowest BCUT2D eigenvalue weighted by atomic mass is 11.5. The molecule has 0 aliphatic carbocycles. The van der Waals surface area contributed by atoms with Gasteiger partial charge in [0, 0.05) is 10.8 Å². The fourth-order valence-corrected chi connectivity index (χ4v) is 1.62. The normalized spacial score (nSPS) is 22.2. The molecule has 0 saturated heterocycles. The monoisotopic (exact) mass is 245 g/mol. The molecular weight excluding hydrogens is 239 g/mol. The van der Waals surface area contributed by atoms with Crippen LogP contribution in [0.3, 0.4) is 0 Å². The quantitative estimate of drug-likeness (QED) is 0.386.